The number of likely N-dealkylation sites (N-methyl/N-ethyl adjacent to an activating group) is 1. The van der Waals surface area contributed by atoms with Crippen LogP contribution in [0.1, 0.15) is 45.7 Å². The van der Waals surface area contributed by atoms with E-state index in [9.17, 15) is 32.4 Å². The van der Waals surface area contributed by atoms with Crippen LogP contribution in [0.15, 0.2) is 66.3 Å². The molecule has 0 unspecified atom stereocenters. The Kier molecular flexibility index (Phi) is 11.5. The Hall–Kier alpha value is -4.63. The maximum Gasteiger partial charge on any atom is 0.315 e. The smallest absolute Gasteiger partial charge is 0.315 e. The minimum absolute atomic E-state index is 0.0332. The summed E-state index contributed by atoms with van der Waals surface area (Å²) in [4.78, 5) is 72.4. The minimum Gasteiger partial charge on any atom is -0.347 e. The molecule has 0 spiro atoms. The van der Waals surface area contributed by atoms with Gasteiger partial charge in [-0.3, -0.25) is 19.2 Å². The van der Waals surface area contributed by atoms with Gasteiger partial charge < -0.3 is 26.2 Å². The number of rotatable bonds is 14. The second-order valence-electron chi connectivity index (χ2n) is 15.9. The average Bonchev–Trinajstić information content (AvgIpc) is 3.47. The Morgan fingerprint density at radius 1 is 1.02 bits per heavy atom. The SMILES string of the molecule is C=CCNC(=O)C(=O)CNC(=O)[C@@H]1[C@@H]2[C@H](CN1C(=O)[C@@H](NC(=O)N[C@H](CN(C)S(=O)(=O)c1ccccn1)C(C)(C)C)C1Cc3ccccc3C1)C2(C)C. The largest absolute Gasteiger partial charge is 0.347 e. The van der Waals surface area contributed by atoms with E-state index in [0.717, 1.165) is 15.4 Å². The third kappa shape index (κ3) is 8.46. The number of pyridine rings is 1. The lowest BCUT2D eigenvalue weighted by Crippen LogP contribution is -2.61. The van der Waals surface area contributed by atoms with Gasteiger partial charge >= 0.3 is 6.03 Å². The number of benzene rings is 1. The van der Waals surface area contributed by atoms with Crippen molar-refractivity contribution in [3.05, 3.63) is 72.4 Å². The molecule has 0 radical (unpaired) electrons. The summed E-state index contributed by atoms with van der Waals surface area (Å²) < 4.78 is 27.8. The van der Waals surface area contributed by atoms with E-state index in [1.54, 1.807) is 12.1 Å². The zero-order chi connectivity index (χ0) is 38.9. The highest BCUT2D eigenvalue weighted by Crippen LogP contribution is 2.65. The summed E-state index contributed by atoms with van der Waals surface area (Å²) >= 11 is 0. The van der Waals surface area contributed by atoms with E-state index in [0.29, 0.717) is 19.4 Å². The molecule has 2 aliphatic carbocycles. The first kappa shape index (κ1) is 39.6. The molecule has 15 heteroatoms. The minimum atomic E-state index is -3.96. The van der Waals surface area contributed by atoms with Crippen LogP contribution in [0.25, 0.3) is 0 Å². The van der Waals surface area contributed by atoms with Crippen molar-refractivity contribution in [3.8, 4) is 0 Å². The van der Waals surface area contributed by atoms with Crippen molar-refractivity contribution in [3.63, 3.8) is 0 Å². The van der Waals surface area contributed by atoms with Crippen molar-refractivity contribution in [2.75, 3.05) is 33.2 Å². The van der Waals surface area contributed by atoms with Gasteiger partial charge in [-0.2, -0.15) is 4.31 Å². The van der Waals surface area contributed by atoms with Crippen LogP contribution in [0.5, 0.6) is 0 Å². The number of ketones is 1. The number of sulfonamides is 1. The lowest BCUT2D eigenvalue weighted by molar-refractivity contribution is -0.143. The van der Waals surface area contributed by atoms with Crippen LogP contribution in [0, 0.1) is 28.6 Å². The highest BCUT2D eigenvalue weighted by molar-refractivity contribution is 7.89. The number of nitrogens with zero attached hydrogens (tertiary/aromatic N) is 3. The standard InChI is InChI=1S/C38H51N7O7S/c1-8-16-40-33(47)27(46)20-41-34(48)32-30-26(38(30,5)6)21-45(32)35(49)31(25-18-23-13-9-10-14-24(23)19-25)43-36(50)42-28(37(2,3)4)22-44(7)53(51,52)29-15-11-12-17-39-29/h8-15,17,25-26,28,30-32H,1,16,18-22H2,2-7H3,(H,40,47)(H,41,48)(H2,42,43,50)/t26-,28+,30-,31-,32-/m0/s1. The molecule has 2 fully saturated rings. The quantitative estimate of drug-likeness (QED) is 0.166. The molecular formula is C38H51N7O7S. The lowest BCUT2D eigenvalue weighted by Gasteiger charge is -2.37. The van der Waals surface area contributed by atoms with E-state index in [-0.39, 0.29) is 41.3 Å². The number of urea groups is 1. The van der Waals surface area contributed by atoms with Gasteiger partial charge in [-0.05, 0) is 64.7 Å². The van der Waals surface area contributed by atoms with E-state index in [4.69, 9.17) is 0 Å². The lowest BCUT2D eigenvalue weighted by atomic mass is 9.86. The molecule has 14 nitrogen and oxygen atoms in total. The molecule has 4 N–H and O–H groups in total. The molecule has 1 saturated heterocycles. The highest BCUT2D eigenvalue weighted by atomic mass is 32.2. The van der Waals surface area contributed by atoms with Crippen LogP contribution in [-0.2, 0) is 42.0 Å². The van der Waals surface area contributed by atoms with Gasteiger partial charge in [0, 0.05) is 38.9 Å². The molecular weight excluding hydrogens is 699 g/mol. The number of likely N-dealkylation sites (tertiary alicyclic amines) is 1. The Labute approximate surface area is 311 Å². The number of nitrogens with one attached hydrogen (secondary N) is 4. The van der Waals surface area contributed by atoms with Gasteiger partial charge in [0.25, 0.3) is 15.9 Å². The second kappa shape index (κ2) is 15.4. The van der Waals surface area contributed by atoms with Crippen molar-refractivity contribution < 1.29 is 32.4 Å². The average molecular weight is 750 g/mol. The summed E-state index contributed by atoms with van der Waals surface area (Å²) in [6.45, 7) is 13.0. The summed E-state index contributed by atoms with van der Waals surface area (Å²) in [5, 5.41) is 10.8. The molecule has 1 aliphatic heterocycles. The van der Waals surface area contributed by atoms with Gasteiger partial charge in [-0.15, -0.1) is 6.58 Å². The maximum atomic E-state index is 14.7. The van der Waals surface area contributed by atoms with Gasteiger partial charge in [-0.1, -0.05) is 71.0 Å². The molecule has 286 valence electrons. The monoisotopic (exact) mass is 749 g/mol. The number of carbonyl (C=O) groups excluding carboxylic acids is 5. The number of carbonyl (C=O) groups is 5. The number of piperidine rings is 1. The first-order valence-corrected chi connectivity index (χ1v) is 19.3. The first-order valence-electron chi connectivity index (χ1n) is 17.9. The number of Topliss-reactive ketones (excluding diaryl/α,β-unsaturated/α-hetero) is 1. The van der Waals surface area contributed by atoms with Crippen molar-refractivity contribution in [2.24, 2.45) is 28.6 Å². The van der Waals surface area contributed by atoms with Crippen LogP contribution in [0.2, 0.25) is 0 Å². The summed E-state index contributed by atoms with van der Waals surface area (Å²) in [6, 6.07) is 9.20. The topological polar surface area (TPSA) is 187 Å². The van der Waals surface area contributed by atoms with E-state index >= 15 is 0 Å². The van der Waals surface area contributed by atoms with Gasteiger partial charge in [0.15, 0.2) is 5.03 Å². The molecule has 1 aromatic heterocycles. The van der Waals surface area contributed by atoms with Crippen molar-refractivity contribution in [1.29, 1.82) is 0 Å². The van der Waals surface area contributed by atoms with Gasteiger partial charge in [0.1, 0.15) is 12.1 Å². The Morgan fingerprint density at radius 3 is 2.25 bits per heavy atom. The molecule has 5 amide bonds. The predicted molar refractivity (Wildman–Crippen MR) is 198 cm³/mol. The number of fused-ring (bicyclic) bond motifs is 2. The Bertz CT molecular complexity index is 1840. The van der Waals surface area contributed by atoms with E-state index < -0.39 is 69.6 Å². The Balaban J connectivity index is 1.36. The van der Waals surface area contributed by atoms with Gasteiger partial charge in [-0.25, -0.2) is 18.2 Å². The molecule has 2 heterocycles. The normalized spacial score (nSPS) is 21.5. The summed E-state index contributed by atoms with van der Waals surface area (Å²) in [7, 11) is -2.53. The summed E-state index contributed by atoms with van der Waals surface area (Å²) in [5.74, 6) is -3.09. The molecule has 5 rings (SSSR count). The van der Waals surface area contributed by atoms with Crippen LogP contribution < -0.4 is 21.3 Å². The molecule has 2 aromatic rings. The first-order chi connectivity index (χ1) is 24.9. The predicted octanol–water partition coefficient (Wildman–Crippen LogP) is 1.67. The second-order valence-corrected chi connectivity index (χ2v) is 17.9. The molecule has 3 aliphatic rings. The van der Waals surface area contributed by atoms with Gasteiger partial charge in [0.2, 0.25) is 17.6 Å². The molecule has 53 heavy (non-hydrogen) atoms. The highest BCUT2D eigenvalue weighted by Gasteiger charge is 2.69. The summed E-state index contributed by atoms with van der Waals surface area (Å²) in [6.07, 6.45) is 3.88. The molecule has 0 bridgehead atoms. The van der Waals surface area contributed by atoms with Crippen molar-refractivity contribution in [1.82, 2.24) is 35.5 Å². The van der Waals surface area contributed by atoms with Crippen LogP contribution in [-0.4, -0.2) is 103 Å². The summed E-state index contributed by atoms with van der Waals surface area (Å²) in [5.41, 5.74) is 1.31. The number of hydrogen-bond donors (Lipinski definition) is 4. The fourth-order valence-corrected chi connectivity index (χ4v) is 8.82. The molecule has 1 saturated carbocycles. The van der Waals surface area contributed by atoms with E-state index in [1.807, 2.05) is 58.9 Å². The van der Waals surface area contributed by atoms with E-state index in [2.05, 4.69) is 32.8 Å². The zero-order valence-corrected chi connectivity index (χ0v) is 32.0. The third-order valence-electron chi connectivity index (χ3n) is 11.1. The van der Waals surface area contributed by atoms with Crippen LogP contribution in [0.3, 0.4) is 0 Å². The van der Waals surface area contributed by atoms with E-state index in [1.165, 1.54) is 30.3 Å². The third-order valence-corrected chi connectivity index (χ3v) is 12.8. The fraction of sp³-hybridized carbons (Fsp3) is 0.526. The number of hydrogen-bond acceptors (Lipinski definition) is 8. The van der Waals surface area contributed by atoms with Crippen LogP contribution in [0.4, 0.5) is 4.79 Å². The van der Waals surface area contributed by atoms with Gasteiger partial charge in [0.05, 0.1) is 6.54 Å². The van der Waals surface area contributed by atoms with Crippen LogP contribution >= 0.6 is 0 Å². The Morgan fingerprint density at radius 2 is 1.66 bits per heavy atom. The molecule has 5 atom stereocenters. The fourth-order valence-electron chi connectivity index (χ4n) is 7.71. The van der Waals surface area contributed by atoms with Crippen molar-refractivity contribution in [2.45, 2.75) is 70.6 Å². The number of amides is 5. The molecule has 1 aromatic carbocycles. The number of aromatic nitrogens is 1. The zero-order valence-electron chi connectivity index (χ0n) is 31.2. The van der Waals surface area contributed by atoms with Crippen molar-refractivity contribution >= 4 is 39.6 Å². The maximum absolute atomic E-state index is 14.7.